The van der Waals surface area contributed by atoms with Crippen LogP contribution in [-0.2, 0) is 4.74 Å². The molecule has 0 saturated heterocycles. The average molecular weight is 303 g/mol. The van der Waals surface area contributed by atoms with Crippen molar-refractivity contribution in [2.24, 2.45) is 0 Å². The standard InChI is InChI=1S/C8H6BrF3O2S/c9-6-3-15-2-5(6)7(13)1-14-4-8(10,11)12/h2-3H,1,4H2. The van der Waals surface area contributed by atoms with Crippen LogP contribution in [0, 0.1) is 0 Å². The third-order valence-corrected chi connectivity index (χ3v) is 3.12. The van der Waals surface area contributed by atoms with Crippen LogP contribution in [0.3, 0.4) is 0 Å². The third kappa shape index (κ3) is 4.31. The molecule has 1 rings (SSSR count). The number of rotatable bonds is 4. The monoisotopic (exact) mass is 302 g/mol. The van der Waals surface area contributed by atoms with E-state index in [-0.39, 0.29) is 0 Å². The first-order chi connectivity index (χ1) is 6.90. The van der Waals surface area contributed by atoms with Gasteiger partial charge in [-0.1, -0.05) is 0 Å². The maximum absolute atomic E-state index is 11.7. The van der Waals surface area contributed by atoms with Crippen molar-refractivity contribution in [1.82, 2.24) is 0 Å². The van der Waals surface area contributed by atoms with Gasteiger partial charge in [-0.05, 0) is 15.9 Å². The fourth-order valence-electron chi connectivity index (χ4n) is 0.818. The Balaban J connectivity index is 2.41. The van der Waals surface area contributed by atoms with Crippen LogP contribution >= 0.6 is 27.3 Å². The van der Waals surface area contributed by atoms with Crippen molar-refractivity contribution < 1.29 is 22.7 Å². The highest BCUT2D eigenvalue weighted by molar-refractivity contribution is 9.10. The summed E-state index contributed by atoms with van der Waals surface area (Å²) in [6.45, 7) is -1.96. The first-order valence-electron chi connectivity index (χ1n) is 3.79. The molecule has 1 aromatic rings. The number of ketones is 1. The molecule has 0 aliphatic rings. The van der Waals surface area contributed by atoms with E-state index in [0.717, 1.165) is 0 Å². The highest BCUT2D eigenvalue weighted by Crippen LogP contribution is 2.22. The largest absolute Gasteiger partial charge is 0.411 e. The van der Waals surface area contributed by atoms with Gasteiger partial charge in [-0.25, -0.2) is 0 Å². The summed E-state index contributed by atoms with van der Waals surface area (Å²) in [7, 11) is 0. The van der Waals surface area contributed by atoms with Crippen molar-refractivity contribution in [3.05, 3.63) is 20.8 Å². The van der Waals surface area contributed by atoms with Crippen LogP contribution in [0.2, 0.25) is 0 Å². The summed E-state index contributed by atoms with van der Waals surface area (Å²) >= 11 is 4.40. The smallest absolute Gasteiger partial charge is 0.364 e. The van der Waals surface area contributed by atoms with Crippen LogP contribution in [-0.4, -0.2) is 25.2 Å². The molecule has 0 radical (unpaired) electrons. The van der Waals surface area contributed by atoms with Gasteiger partial charge in [0.2, 0.25) is 0 Å². The van der Waals surface area contributed by atoms with Crippen molar-refractivity contribution in [3.8, 4) is 0 Å². The van der Waals surface area contributed by atoms with Crippen LogP contribution < -0.4 is 0 Å². The average Bonchev–Trinajstić information content (AvgIpc) is 2.48. The van der Waals surface area contributed by atoms with Crippen molar-refractivity contribution in [2.45, 2.75) is 6.18 Å². The Morgan fingerprint density at radius 2 is 2.13 bits per heavy atom. The summed E-state index contributed by atoms with van der Waals surface area (Å²) in [5.74, 6) is -0.465. The van der Waals surface area contributed by atoms with Gasteiger partial charge in [0.05, 0.1) is 0 Å². The molecule has 2 nitrogen and oxygen atoms in total. The van der Waals surface area contributed by atoms with Crippen LogP contribution in [0.4, 0.5) is 13.2 Å². The van der Waals surface area contributed by atoms with Gasteiger partial charge in [-0.3, -0.25) is 4.79 Å². The lowest BCUT2D eigenvalue weighted by Gasteiger charge is -2.06. The minimum Gasteiger partial charge on any atom is -0.364 e. The lowest BCUT2D eigenvalue weighted by molar-refractivity contribution is -0.170. The van der Waals surface area contributed by atoms with E-state index in [4.69, 9.17) is 0 Å². The summed E-state index contributed by atoms with van der Waals surface area (Å²) in [5, 5.41) is 3.24. The van der Waals surface area contributed by atoms with E-state index in [1.807, 2.05) is 0 Å². The lowest BCUT2D eigenvalue weighted by atomic mass is 10.2. The molecule has 0 aromatic carbocycles. The summed E-state index contributed by atoms with van der Waals surface area (Å²) in [4.78, 5) is 11.3. The lowest BCUT2D eigenvalue weighted by Crippen LogP contribution is -2.20. The van der Waals surface area contributed by atoms with Crippen LogP contribution in [0.1, 0.15) is 10.4 Å². The van der Waals surface area contributed by atoms with Crippen LogP contribution in [0.5, 0.6) is 0 Å². The molecule has 0 bridgehead atoms. The third-order valence-electron chi connectivity index (χ3n) is 1.41. The van der Waals surface area contributed by atoms with Gasteiger partial charge in [0.1, 0.15) is 13.2 Å². The van der Waals surface area contributed by atoms with Gasteiger partial charge in [0.15, 0.2) is 5.78 Å². The summed E-state index contributed by atoms with van der Waals surface area (Å²) in [6.07, 6.45) is -4.40. The summed E-state index contributed by atoms with van der Waals surface area (Å²) < 4.78 is 39.9. The van der Waals surface area contributed by atoms with E-state index >= 15 is 0 Å². The summed E-state index contributed by atoms with van der Waals surface area (Å²) in [6, 6.07) is 0. The predicted molar refractivity (Wildman–Crippen MR) is 53.2 cm³/mol. The zero-order valence-corrected chi connectivity index (χ0v) is 9.71. The van der Waals surface area contributed by atoms with E-state index < -0.39 is 25.2 Å². The van der Waals surface area contributed by atoms with Crippen LogP contribution in [0.25, 0.3) is 0 Å². The number of alkyl halides is 3. The zero-order chi connectivity index (χ0) is 11.5. The minimum atomic E-state index is -4.40. The topological polar surface area (TPSA) is 26.3 Å². The highest BCUT2D eigenvalue weighted by atomic mass is 79.9. The molecule has 0 spiro atoms. The number of carbonyl (C=O) groups is 1. The second-order valence-electron chi connectivity index (χ2n) is 2.66. The van der Waals surface area contributed by atoms with Crippen molar-refractivity contribution in [3.63, 3.8) is 0 Å². The van der Waals surface area contributed by atoms with E-state index in [1.165, 1.54) is 11.3 Å². The number of thiophene rings is 1. The van der Waals surface area contributed by atoms with Gasteiger partial charge >= 0.3 is 6.18 Å². The Bertz CT molecular complexity index is 348. The molecular formula is C8H6BrF3O2S. The van der Waals surface area contributed by atoms with E-state index in [0.29, 0.717) is 10.0 Å². The van der Waals surface area contributed by atoms with Crippen LogP contribution in [0.15, 0.2) is 15.2 Å². The molecule has 0 aliphatic carbocycles. The molecule has 0 fully saturated rings. The molecule has 0 aliphatic heterocycles. The van der Waals surface area contributed by atoms with Crippen molar-refractivity contribution in [1.29, 1.82) is 0 Å². The molecule has 0 saturated carbocycles. The number of Topliss-reactive ketones (excluding diaryl/α,β-unsaturated/α-hetero) is 1. The molecule has 0 amide bonds. The van der Waals surface area contributed by atoms with Gasteiger partial charge in [-0.15, -0.1) is 0 Å². The van der Waals surface area contributed by atoms with Gasteiger partial charge in [-0.2, -0.15) is 24.5 Å². The molecular weight excluding hydrogens is 297 g/mol. The number of halogens is 4. The molecule has 0 N–H and O–H groups in total. The fourth-order valence-corrected chi connectivity index (χ4v) is 2.34. The Labute approximate surface area is 96.2 Å². The molecule has 0 unspecified atom stereocenters. The van der Waals surface area contributed by atoms with Gasteiger partial charge in [0.25, 0.3) is 0 Å². The molecule has 84 valence electrons. The number of ether oxygens (including phenoxy) is 1. The highest BCUT2D eigenvalue weighted by Gasteiger charge is 2.28. The SMILES string of the molecule is O=C(COCC(F)(F)F)c1cscc1Br. The maximum Gasteiger partial charge on any atom is 0.411 e. The molecule has 15 heavy (non-hydrogen) atoms. The first kappa shape index (κ1) is 12.7. The number of hydrogen-bond acceptors (Lipinski definition) is 3. The number of carbonyl (C=O) groups excluding carboxylic acids is 1. The number of hydrogen-bond donors (Lipinski definition) is 0. The van der Waals surface area contributed by atoms with E-state index in [9.17, 15) is 18.0 Å². The molecule has 1 heterocycles. The predicted octanol–water partition coefficient (Wildman–Crippen LogP) is 3.27. The maximum atomic E-state index is 11.7. The first-order valence-corrected chi connectivity index (χ1v) is 5.53. The molecule has 0 atom stereocenters. The Hall–Kier alpha value is -0.400. The fraction of sp³-hybridized carbons (Fsp3) is 0.375. The molecule has 1 aromatic heterocycles. The van der Waals surface area contributed by atoms with Crippen molar-refractivity contribution >= 4 is 33.0 Å². The Morgan fingerprint density at radius 3 is 2.60 bits per heavy atom. The van der Waals surface area contributed by atoms with Gasteiger partial charge < -0.3 is 4.74 Å². The summed E-state index contributed by atoms with van der Waals surface area (Å²) in [5.41, 5.74) is 0.349. The molecule has 7 heteroatoms. The Morgan fingerprint density at radius 1 is 1.47 bits per heavy atom. The van der Waals surface area contributed by atoms with Crippen molar-refractivity contribution in [2.75, 3.05) is 13.2 Å². The second-order valence-corrected chi connectivity index (χ2v) is 4.26. The van der Waals surface area contributed by atoms with E-state index in [2.05, 4.69) is 20.7 Å². The Kier molecular flexibility index (Phi) is 4.30. The second kappa shape index (κ2) is 5.09. The minimum absolute atomic E-state index is 0.349. The zero-order valence-electron chi connectivity index (χ0n) is 7.31. The van der Waals surface area contributed by atoms with Gasteiger partial charge in [0, 0.05) is 20.8 Å². The quantitative estimate of drug-likeness (QED) is 0.798. The normalized spacial score (nSPS) is 11.7. The van der Waals surface area contributed by atoms with E-state index in [1.54, 1.807) is 10.8 Å².